The molecule has 22 heteroatoms. The van der Waals surface area contributed by atoms with Gasteiger partial charge in [0.15, 0.2) is 0 Å². The summed E-state index contributed by atoms with van der Waals surface area (Å²) in [6.07, 6.45) is 0.854. The molecule has 18 nitrogen and oxygen atoms in total. The number of esters is 4. The monoisotopic (exact) mass is 1080 g/mol. The van der Waals surface area contributed by atoms with Gasteiger partial charge in [0.1, 0.15) is 57.1 Å². The van der Waals surface area contributed by atoms with Gasteiger partial charge in [-0.3, -0.25) is 28.8 Å². The highest BCUT2D eigenvalue weighted by molar-refractivity contribution is 9.10. The van der Waals surface area contributed by atoms with Crippen LogP contribution in [0.25, 0.3) is 0 Å². The topological polar surface area (TPSA) is 265 Å². The van der Waals surface area contributed by atoms with E-state index in [2.05, 4.69) is 68.9 Å². The molecular weight excluding hydrogens is 1030 g/mol. The number of rotatable bonds is 22. The molecular formula is C35H59Br4NO17. The van der Waals surface area contributed by atoms with E-state index in [1.807, 2.05) is 0 Å². The average molecular weight is 1090 g/mol. The molecule has 3 N–H and O–H groups in total. The molecule has 57 heavy (non-hydrogen) atoms. The Kier molecular flexibility index (Phi) is 32.4. The van der Waals surface area contributed by atoms with E-state index in [0.717, 1.165) is 6.29 Å². The smallest absolute Gasteiger partial charge is 0.322 e. The van der Waals surface area contributed by atoms with Crippen molar-refractivity contribution >= 4 is 106 Å². The van der Waals surface area contributed by atoms with Crippen LogP contribution in [0.1, 0.15) is 76.2 Å². The van der Waals surface area contributed by atoms with Crippen molar-refractivity contribution < 1.29 is 77.3 Å². The Labute approximate surface area is 368 Å². The minimum atomic E-state index is -1.57. The SMILES string of the molecule is CC(C)(Br)C(=O)O.CC(C)(Br)C(=O)O.CC(C)(Br)C=O.COCC(C)C(=O)OCC(C)(COC(=O)C(C)COC(=O)C(C)(C)Br)C(=O)OCCOCC(CO)N=O. The van der Waals surface area contributed by atoms with Crippen molar-refractivity contribution in [2.24, 2.45) is 22.4 Å². The second-order valence-electron chi connectivity index (χ2n) is 14.5. The third kappa shape index (κ3) is 34.5. The third-order valence-corrected chi connectivity index (χ3v) is 7.35. The predicted octanol–water partition coefficient (Wildman–Crippen LogP) is 5.25. The number of alkyl halides is 4. The van der Waals surface area contributed by atoms with Crippen LogP contribution in [0.3, 0.4) is 0 Å². The molecule has 0 aliphatic carbocycles. The third-order valence-electron chi connectivity index (χ3n) is 6.16. The number of hydrogen-bond donors (Lipinski definition) is 3. The molecule has 0 heterocycles. The van der Waals surface area contributed by atoms with Crippen LogP contribution < -0.4 is 0 Å². The summed E-state index contributed by atoms with van der Waals surface area (Å²) in [5, 5.41) is 28.0. The summed E-state index contributed by atoms with van der Waals surface area (Å²) in [4.78, 5) is 89.5. The lowest BCUT2D eigenvalue weighted by molar-refractivity contribution is -0.174. The van der Waals surface area contributed by atoms with Gasteiger partial charge in [-0.1, -0.05) is 68.9 Å². The number of nitrogens with zero attached hydrogens (tertiary/aromatic N) is 1. The van der Waals surface area contributed by atoms with Gasteiger partial charge in [0.2, 0.25) is 0 Å². The summed E-state index contributed by atoms with van der Waals surface area (Å²) in [5.74, 6) is -5.86. The Morgan fingerprint density at radius 3 is 1.33 bits per heavy atom. The molecule has 0 aliphatic heterocycles. The van der Waals surface area contributed by atoms with Gasteiger partial charge in [0, 0.05) is 7.11 Å². The summed E-state index contributed by atoms with van der Waals surface area (Å²) in [5.41, 5.74) is -1.57. The van der Waals surface area contributed by atoms with E-state index >= 15 is 0 Å². The lowest BCUT2D eigenvalue weighted by atomic mass is 9.93. The van der Waals surface area contributed by atoms with Crippen molar-refractivity contribution in [3.05, 3.63) is 4.91 Å². The molecule has 0 aromatic heterocycles. The maximum atomic E-state index is 12.8. The van der Waals surface area contributed by atoms with Crippen LogP contribution in [0.15, 0.2) is 5.18 Å². The number of carboxylic acids is 2. The highest BCUT2D eigenvalue weighted by atomic mass is 79.9. The average Bonchev–Trinajstić information content (AvgIpc) is 3.09. The van der Waals surface area contributed by atoms with Gasteiger partial charge in [-0.15, -0.1) is 0 Å². The number of aliphatic hydroxyl groups is 1. The molecule has 0 bridgehead atoms. The lowest BCUT2D eigenvalue weighted by Crippen LogP contribution is -2.42. The van der Waals surface area contributed by atoms with Crippen molar-refractivity contribution in [2.75, 3.05) is 60.0 Å². The van der Waals surface area contributed by atoms with Crippen LogP contribution in [-0.4, -0.2) is 141 Å². The van der Waals surface area contributed by atoms with Gasteiger partial charge < -0.3 is 48.5 Å². The number of carbonyl (C=O) groups is 7. The first-order chi connectivity index (χ1) is 25.7. The quantitative estimate of drug-likeness (QED) is 0.0312. The fraction of sp³-hybridized carbons (Fsp3) is 0.800. The zero-order valence-corrected chi connectivity index (χ0v) is 40.8. The van der Waals surface area contributed by atoms with Gasteiger partial charge in [-0.05, 0) is 76.2 Å². The molecule has 0 spiro atoms. The van der Waals surface area contributed by atoms with Crippen LogP contribution in [0.5, 0.6) is 0 Å². The molecule has 334 valence electrons. The van der Waals surface area contributed by atoms with E-state index in [4.69, 9.17) is 43.7 Å². The molecule has 0 aromatic rings. The maximum absolute atomic E-state index is 12.8. The largest absolute Gasteiger partial charge is 0.480 e. The molecule has 4 unspecified atom stereocenters. The summed E-state index contributed by atoms with van der Waals surface area (Å²) < 4.78 is 28.1. The second kappa shape index (κ2) is 30.0. The number of hydrogen-bond acceptors (Lipinski definition) is 16. The second-order valence-corrected chi connectivity index (χ2v) is 22.5. The summed E-state index contributed by atoms with van der Waals surface area (Å²) in [6.45, 7) is 15.6. The van der Waals surface area contributed by atoms with Gasteiger partial charge in [0.25, 0.3) is 0 Å². The van der Waals surface area contributed by atoms with E-state index in [1.165, 1.54) is 21.0 Å². The molecule has 0 fully saturated rings. The molecule has 0 radical (unpaired) electrons. The Balaban J connectivity index is -0.000000567. The summed E-state index contributed by atoms with van der Waals surface area (Å²) in [6, 6.07) is -0.934. The van der Waals surface area contributed by atoms with Gasteiger partial charge in [0.05, 0.1) is 42.6 Å². The normalized spacial score (nSPS) is 14.0. The highest BCUT2D eigenvalue weighted by Crippen LogP contribution is 2.23. The van der Waals surface area contributed by atoms with Crippen molar-refractivity contribution in [1.29, 1.82) is 0 Å². The van der Waals surface area contributed by atoms with Crippen LogP contribution in [0, 0.1) is 22.2 Å². The van der Waals surface area contributed by atoms with Gasteiger partial charge in [-0.25, -0.2) is 0 Å². The van der Waals surface area contributed by atoms with Gasteiger partial charge in [-0.2, -0.15) is 4.91 Å². The van der Waals surface area contributed by atoms with E-state index in [9.17, 15) is 38.5 Å². The van der Waals surface area contributed by atoms with E-state index in [0.29, 0.717) is 0 Å². The molecule has 0 saturated heterocycles. The number of aliphatic hydroxyl groups excluding tert-OH is 1. The van der Waals surface area contributed by atoms with Crippen molar-refractivity contribution in [2.45, 2.75) is 99.5 Å². The number of carboxylic acid groups (broad SMARTS) is 2. The first-order valence-corrected chi connectivity index (χ1v) is 20.2. The highest BCUT2D eigenvalue weighted by Gasteiger charge is 2.39. The molecule has 0 aliphatic rings. The van der Waals surface area contributed by atoms with E-state index in [-0.39, 0.29) is 37.4 Å². The number of halogens is 4. The number of ether oxygens (including phenoxy) is 6. The van der Waals surface area contributed by atoms with E-state index < -0.39 is 91.9 Å². The predicted molar refractivity (Wildman–Crippen MR) is 223 cm³/mol. The van der Waals surface area contributed by atoms with Crippen LogP contribution in [-0.2, 0) is 62.0 Å². The fourth-order valence-corrected chi connectivity index (χ4v) is 2.48. The van der Waals surface area contributed by atoms with Crippen LogP contribution in [0.4, 0.5) is 0 Å². The lowest BCUT2D eigenvalue weighted by Gasteiger charge is -2.27. The Bertz CT molecular complexity index is 1230. The van der Waals surface area contributed by atoms with Gasteiger partial charge >= 0.3 is 35.8 Å². The maximum Gasteiger partial charge on any atom is 0.322 e. The Morgan fingerprint density at radius 2 is 1.04 bits per heavy atom. The molecule has 0 aromatic carbocycles. The summed E-state index contributed by atoms with van der Waals surface area (Å²) in [7, 11) is 1.43. The molecule has 0 rings (SSSR count). The minimum Gasteiger partial charge on any atom is -0.480 e. The molecule has 0 saturated carbocycles. The molecule has 4 atom stereocenters. The van der Waals surface area contributed by atoms with Crippen LogP contribution >= 0.6 is 63.7 Å². The van der Waals surface area contributed by atoms with Crippen molar-refractivity contribution in [3.63, 3.8) is 0 Å². The number of carbonyl (C=O) groups excluding carboxylic acids is 5. The number of nitroso groups, excluding NO2 is 1. The van der Waals surface area contributed by atoms with Crippen LogP contribution in [0.2, 0.25) is 0 Å². The van der Waals surface area contributed by atoms with Crippen molar-refractivity contribution in [3.8, 4) is 0 Å². The molecule has 0 amide bonds. The van der Waals surface area contributed by atoms with Crippen molar-refractivity contribution in [1.82, 2.24) is 0 Å². The van der Waals surface area contributed by atoms with E-state index in [1.54, 1.807) is 62.3 Å². The number of aldehydes is 1. The number of aliphatic carboxylic acids is 2. The standard InChI is InChI=1S/C23H38BrNO12.2C4H7BrO2.C4H7BrO/c1-15(10-32-6)18(27)36-13-23(5,21(30)34-8-7-33-12-17(9-26)25-31)14-37-19(28)16(2)11-35-20(29)22(3,4)24;2*1-4(2,5)3(6)7;1-4(2,5)3-6/h15-17,26H,7-14H2,1-6H3;2*1-2H3,(H,6,7);3H,1-2H3. The minimum absolute atomic E-state index is 0.0926. The first kappa shape index (κ1) is 61.6. The Morgan fingerprint density at radius 1 is 0.649 bits per heavy atom. The zero-order valence-electron chi connectivity index (χ0n) is 34.5. The first-order valence-electron chi connectivity index (χ1n) is 17.0. The Hall–Kier alpha value is -2.11. The fourth-order valence-electron chi connectivity index (χ4n) is 2.37. The summed E-state index contributed by atoms with van der Waals surface area (Å²) >= 11 is 12.2. The zero-order chi connectivity index (χ0) is 46.0. The number of methoxy groups -OCH3 is 1.